The van der Waals surface area contributed by atoms with Crippen LogP contribution in [0.15, 0.2) is 4.99 Å². The molecule has 1 N–H and O–H groups in total. The summed E-state index contributed by atoms with van der Waals surface area (Å²) in [6.07, 6.45) is 10.7. The minimum atomic E-state index is 0. The second-order valence-electron chi connectivity index (χ2n) is 7.64. The fourth-order valence-corrected chi connectivity index (χ4v) is 3.30. The predicted octanol–water partition coefficient (Wildman–Crippen LogP) is 3.58. The lowest BCUT2D eigenvalue weighted by Gasteiger charge is -2.26. The van der Waals surface area contributed by atoms with Crippen LogP contribution >= 0.6 is 24.0 Å². The van der Waals surface area contributed by atoms with Gasteiger partial charge in [0.1, 0.15) is 0 Å². The Hall–Kier alpha value is -0.0800. The number of aliphatic imine (C=N–C) groups is 1. The van der Waals surface area contributed by atoms with Gasteiger partial charge in [-0.2, -0.15) is 0 Å². The molecule has 0 amide bonds. The Bertz CT molecular complexity index is 371. The smallest absolute Gasteiger partial charge is 0.193 e. The highest BCUT2D eigenvalue weighted by molar-refractivity contribution is 14.0. The summed E-state index contributed by atoms with van der Waals surface area (Å²) in [4.78, 5) is 9.62. The number of likely N-dealkylation sites (tertiary alicyclic amines) is 1. The van der Waals surface area contributed by atoms with Crippen molar-refractivity contribution in [1.29, 1.82) is 0 Å². The number of hydrogen-bond acceptors (Lipinski definition) is 3. The average Bonchev–Trinajstić information content (AvgIpc) is 3.46. The zero-order valence-corrected chi connectivity index (χ0v) is 19.4. The number of ether oxygens (including phenoxy) is 1. The van der Waals surface area contributed by atoms with Gasteiger partial charge in [0, 0.05) is 33.3 Å². The van der Waals surface area contributed by atoms with Crippen molar-refractivity contribution < 1.29 is 4.74 Å². The molecule has 2 rings (SSSR count). The molecule has 0 aromatic rings. The van der Waals surface area contributed by atoms with Gasteiger partial charge in [0.15, 0.2) is 5.96 Å². The normalized spacial score (nSPS) is 18.5. The number of likely N-dealkylation sites (N-methyl/N-ethyl adjacent to an activating group) is 1. The fraction of sp³-hybridized carbons (Fsp3) is 0.950. The van der Waals surface area contributed by atoms with E-state index in [0.717, 1.165) is 44.7 Å². The van der Waals surface area contributed by atoms with Gasteiger partial charge in [-0.25, -0.2) is 0 Å². The summed E-state index contributed by atoms with van der Waals surface area (Å²) in [5, 5.41) is 3.40. The molecule has 2 aliphatic rings. The van der Waals surface area contributed by atoms with E-state index in [0.29, 0.717) is 0 Å². The zero-order chi connectivity index (χ0) is 17.7. The lowest BCUT2D eigenvalue weighted by atomic mass is 10.1. The van der Waals surface area contributed by atoms with Crippen molar-refractivity contribution in [3.8, 4) is 0 Å². The van der Waals surface area contributed by atoms with E-state index in [-0.39, 0.29) is 24.0 Å². The van der Waals surface area contributed by atoms with Crippen LogP contribution in [0.3, 0.4) is 0 Å². The lowest BCUT2D eigenvalue weighted by Crippen LogP contribution is -2.40. The Kier molecular flexibility index (Phi) is 13.7. The molecule has 0 aromatic heterocycles. The molecular weight excluding hydrogens is 439 g/mol. The molecule has 0 bridgehead atoms. The molecule has 2 fully saturated rings. The van der Waals surface area contributed by atoms with E-state index in [1.165, 1.54) is 71.0 Å². The number of halogens is 1. The first-order valence-electron chi connectivity index (χ1n) is 10.6. The summed E-state index contributed by atoms with van der Waals surface area (Å²) in [5.41, 5.74) is 0. The monoisotopic (exact) mass is 480 g/mol. The number of guanidine groups is 1. The minimum Gasteiger partial charge on any atom is -0.379 e. The number of hydrogen-bond donors (Lipinski definition) is 1. The third kappa shape index (κ3) is 10.9. The van der Waals surface area contributed by atoms with Crippen molar-refractivity contribution in [2.24, 2.45) is 10.9 Å². The van der Waals surface area contributed by atoms with E-state index in [9.17, 15) is 0 Å². The summed E-state index contributed by atoms with van der Waals surface area (Å²) in [5.74, 6) is 1.87. The molecule has 0 radical (unpaired) electrons. The standard InChI is InChI=1S/C20H40N4O.HI/c1-3-21-20(23(2)16-17-25-18-19-10-11-19)22-12-6-4-7-13-24-14-8-5-9-15-24;/h19H,3-18H2,1-2H3,(H,21,22);1H. The van der Waals surface area contributed by atoms with Crippen LogP contribution in [-0.4, -0.2) is 75.3 Å². The van der Waals surface area contributed by atoms with Crippen LogP contribution < -0.4 is 5.32 Å². The summed E-state index contributed by atoms with van der Waals surface area (Å²) < 4.78 is 5.74. The van der Waals surface area contributed by atoms with E-state index in [1.807, 2.05) is 0 Å². The largest absolute Gasteiger partial charge is 0.379 e. The van der Waals surface area contributed by atoms with Crippen molar-refractivity contribution in [2.75, 3.05) is 59.5 Å². The van der Waals surface area contributed by atoms with Crippen LogP contribution in [-0.2, 0) is 4.74 Å². The molecule has 0 spiro atoms. The van der Waals surface area contributed by atoms with Crippen molar-refractivity contribution in [1.82, 2.24) is 15.1 Å². The SMILES string of the molecule is CCNC(=NCCCCCN1CCCCC1)N(C)CCOCC1CC1.I. The Balaban J connectivity index is 0.00000338. The summed E-state index contributed by atoms with van der Waals surface area (Å²) in [6, 6.07) is 0. The molecule has 154 valence electrons. The maximum atomic E-state index is 5.74. The quantitative estimate of drug-likeness (QED) is 0.201. The van der Waals surface area contributed by atoms with E-state index >= 15 is 0 Å². The second-order valence-corrected chi connectivity index (χ2v) is 7.64. The number of nitrogens with one attached hydrogen (secondary N) is 1. The van der Waals surface area contributed by atoms with Crippen LogP contribution in [0.2, 0.25) is 0 Å². The molecule has 1 aliphatic carbocycles. The van der Waals surface area contributed by atoms with Gasteiger partial charge >= 0.3 is 0 Å². The molecule has 1 aliphatic heterocycles. The third-order valence-electron chi connectivity index (χ3n) is 5.16. The Labute approximate surface area is 178 Å². The fourth-order valence-electron chi connectivity index (χ4n) is 3.30. The molecule has 5 nitrogen and oxygen atoms in total. The maximum Gasteiger partial charge on any atom is 0.193 e. The van der Waals surface area contributed by atoms with Crippen LogP contribution in [0.1, 0.15) is 58.3 Å². The van der Waals surface area contributed by atoms with Gasteiger partial charge < -0.3 is 19.9 Å². The third-order valence-corrected chi connectivity index (χ3v) is 5.16. The Morgan fingerprint density at radius 2 is 1.92 bits per heavy atom. The molecule has 1 heterocycles. The molecule has 0 unspecified atom stereocenters. The zero-order valence-electron chi connectivity index (χ0n) is 17.0. The van der Waals surface area contributed by atoms with Crippen molar-refractivity contribution >= 4 is 29.9 Å². The number of rotatable bonds is 12. The van der Waals surface area contributed by atoms with Gasteiger partial charge in [-0.1, -0.05) is 12.8 Å². The van der Waals surface area contributed by atoms with Crippen LogP contribution in [0, 0.1) is 5.92 Å². The molecule has 1 saturated carbocycles. The molecular formula is C20H41IN4O. The first-order valence-corrected chi connectivity index (χ1v) is 10.6. The average molecular weight is 480 g/mol. The van der Waals surface area contributed by atoms with Crippen molar-refractivity contribution in [3.05, 3.63) is 0 Å². The van der Waals surface area contributed by atoms with Gasteiger partial charge in [0.2, 0.25) is 0 Å². The maximum absolute atomic E-state index is 5.74. The Morgan fingerprint density at radius 3 is 2.62 bits per heavy atom. The Morgan fingerprint density at radius 1 is 1.15 bits per heavy atom. The van der Waals surface area contributed by atoms with Crippen LogP contribution in [0.4, 0.5) is 0 Å². The topological polar surface area (TPSA) is 40.1 Å². The highest BCUT2D eigenvalue weighted by Crippen LogP contribution is 2.28. The molecule has 0 aromatic carbocycles. The van der Waals surface area contributed by atoms with E-state index in [2.05, 4.69) is 29.1 Å². The number of piperidine rings is 1. The number of nitrogens with zero attached hydrogens (tertiary/aromatic N) is 3. The van der Waals surface area contributed by atoms with Crippen molar-refractivity contribution in [3.63, 3.8) is 0 Å². The van der Waals surface area contributed by atoms with E-state index in [4.69, 9.17) is 9.73 Å². The van der Waals surface area contributed by atoms with Gasteiger partial charge in [0.25, 0.3) is 0 Å². The van der Waals surface area contributed by atoms with E-state index in [1.54, 1.807) is 0 Å². The summed E-state index contributed by atoms with van der Waals surface area (Å²) >= 11 is 0. The summed E-state index contributed by atoms with van der Waals surface area (Å²) in [7, 11) is 2.11. The van der Waals surface area contributed by atoms with Gasteiger partial charge in [-0.3, -0.25) is 4.99 Å². The molecule has 26 heavy (non-hydrogen) atoms. The minimum absolute atomic E-state index is 0. The van der Waals surface area contributed by atoms with Gasteiger partial charge in [0.05, 0.1) is 6.61 Å². The van der Waals surface area contributed by atoms with Gasteiger partial charge in [-0.15, -0.1) is 24.0 Å². The van der Waals surface area contributed by atoms with Crippen LogP contribution in [0.25, 0.3) is 0 Å². The molecule has 1 saturated heterocycles. The molecule has 0 atom stereocenters. The second kappa shape index (κ2) is 14.9. The highest BCUT2D eigenvalue weighted by Gasteiger charge is 2.21. The first kappa shape index (κ1) is 24.0. The highest BCUT2D eigenvalue weighted by atomic mass is 127. The molecule has 6 heteroatoms. The predicted molar refractivity (Wildman–Crippen MR) is 122 cm³/mol. The lowest BCUT2D eigenvalue weighted by molar-refractivity contribution is 0.115. The van der Waals surface area contributed by atoms with Gasteiger partial charge in [-0.05, 0) is 71.0 Å². The van der Waals surface area contributed by atoms with Crippen molar-refractivity contribution in [2.45, 2.75) is 58.3 Å². The number of unbranched alkanes of at least 4 members (excludes halogenated alkanes) is 2. The van der Waals surface area contributed by atoms with Crippen LogP contribution in [0.5, 0.6) is 0 Å². The first-order chi connectivity index (χ1) is 12.3. The summed E-state index contributed by atoms with van der Waals surface area (Å²) in [6.45, 7) is 10.5. The van der Waals surface area contributed by atoms with E-state index < -0.39 is 0 Å².